The highest BCUT2D eigenvalue weighted by Gasteiger charge is 1.94. The Morgan fingerprint density at radius 2 is 2.29 bits per heavy atom. The molecule has 1 aromatic heterocycles. The van der Waals surface area contributed by atoms with Gasteiger partial charge in [-0.2, -0.15) is 0 Å². The number of nitrogens with zero attached hydrogens (tertiary/aromatic N) is 1. The molecule has 1 aromatic rings. The number of rotatable bonds is 5. The van der Waals surface area contributed by atoms with Gasteiger partial charge in [-0.05, 0) is 12.1 Å². The Morgan fingerprint density at radius 3 is 2.93 bits per heavy atom. The molecule has 0 saturated heterocycles. The zero-order valence-corrected chi connectivity index (χ0v) is 7.77. The Hall–Kier alpha value is -1.84. The number of hydrogen-bond donors (Lipinski definition) is 1. The summed E-state index contributed by atoms with van der Waals surface area (Å²) >= 11 is 0. The number of pyridine rings is 1. The summed E-state index contributed by atoms with van der Waals surface area (Å²) in [6.45, 7) is 4.19. The summed E-state index contributed by atoms with van der Waals surface area (Å²) in [5, 5.41) is 3.07. The lowest BCUT2D eigenvalue weighted by molar-refractivity contribution is -0.137. The topological polar surface area (TPSA) is 51.2 Å². The highest BCUT2D eigenvalue weighted by molar-refractivity contribution is 5.81. The second-order valence-electron chi connectivity index (χ2n) is 2.53. The van der Waals surface area contributed by atoms with E-state index in [1.807, 2.05) is 12.1 Å². The van der Waals surface area contributed by atoms with Gasteiger partial charge in [0.25, 0.3) is 0 Å². The maximum Gasteiger partial charge on any atom is 0.330 e. The van der Waals surface area contributed by atoms with Gasteiger partial charge >= 0.3 is 5.97 Å². The molecule has 0 saturated carbocycles. The van der Waals surface area contributed by atoms with Gasteiger partial charge in [-0.3, -0.25) is 4.98 Å². The number of carbonyl (C=O) groups excluding carboxylic acids is 1. The van der Waals surface area contributed by atoms with Gasteiger partial charge in [-0.25, -0.2) is 4.79 Å². The second kappa shape index (κ2) is 5.75. The first-order chi connectivity index (χ1) is 6.83. The van der Waals surface area contributed by atoms with E-state index in [0.717, 1.165) is 11.8 Å². The molecule has 0 aromatic carbocycles. The van der Waals surface area contributed by atoms with E-state index in [9.17, 15) is 4.79 Å². The monoisotopic (exact) mass is 192 g/mol. The molecule has 1 rings (SSSR count). The van der Waals surface area contributed by atoms with Crippen LogP contribution in [0.5, 0.6) is 0 Å². The quantitative estimate of drug-likeness (QED) is 0.433. The maximum absolute atomic E-state index is 10.6. The van der Waals surface area contributed by atoms with Crippen LogP contribution in [-0.2, 0) is 9.53 Å². The first-order valence-electron chi connectivity index (χ1n) is 4.26. The van der Waals surface area contributed by atoms with Crippen LogP contribution in [0, 0.1) is 0 Å². The van der Waals surface area contributed by atoms with E-state index in [2.05, 4.69) is 16.9 Å². The van der Waals surface area contributed by atoms with Crippen LogP contribution in [0.2, 0.25) is 0 Å². The van der Waals surface area contributed by atoms with E-state index in [-0.39, 0.29) is 0 Å². The Morgan fingerprint density at radius 1 is 1.57 bits per heavy atom. The first-order valence-corrected chi connectivity index (χ1v) is 4.26. The molecule has 0 atom stereocenters. The molecule has 0 aliphatic carbocycles. The molecule has 1 heterocycles. The molecule has 14 heavy (non-hydrogen) atoms. The summed E-state index contributed by atoms with van der Waals surface area (Å²) in [6, 6.07) is 3.69. The molecule has 1 N–H and O–H groups in total. The SMILES string of the molecule is C=CC(=O)OCCNc1ccncc1. The minimum atomic E-state index is -0.401. The number of hydrogen-bond acceptors (Lipinski definition) is 4. The lowest BCUT2D eigenvalue weighted by atomic mass is 10.4. The highest BCUT2D eigenvalue weighted by atomic mass is 16.5. The second-order valence-corrected chi connectivity index (χ2v) is 2.53. The van der Waals surface area contributed by atoms with Crippen molar-refractivity contribution in [1.29, 1.82) is 0 Å². The number of carbonyl (C=O) groups is 1. The largest absolute Gasteiger partial charge is 0.461 e. The average molecular weight is 192 g/mol. The molecule has 0 amide bonds. The van der Waals surface area contributed by atoms with Crippen LogP contribution < -0.4 is 5.32 Å². The van der Waals surface area contributed by atoms with Gasteiger partial charge in [0, 0.05) is 30.7 Å². The van der Waals surface area contributed by atoms with Crippen molar-refractivity contribution in [3.05, 3.63) is 37.2 Å². The molecule has 4 heteroatoms. The summed E-state index contributed by atoms with van der Waals surface area (Å²) in [4.78, 5) is 14.5. The summed E-state index contributed by atoms with van der Waals surface area (Å²) in [6.07, 6.45) is 4.53. The summed E-state index contributed by atoms with van der Waals surface area (Å²) in [5.74, 6) is -0.401. The molecule has 74 valence electrons. The van der Waals surface area contributed by atoms with Crippen molar-refractivity contribution in [2.24, 2.45) is 0 Å². The Balaban J connectivity index is 2.16. The smallest absolute Gasteiger partial charge is 0.330 e. The molecule has 0 radical (unpaired) electrons. The predicted molar refractivity (Wildman–Crippen MR) is 53.9 cm³/mol. The van der Waals surface area contributed by atoms with Crippen molar-refractivity contribution >= 4 is 11.7 Å². The molecule has 0 bridgehead atoms. The van der Waals surface area contributed by atoms with Crippen molar-refractivity contribution in [3.8, 4) is 0 Å². The number of esters is 1. The number of nitrogens with one attached hydrogen (secondary N) is 1. The van der Waals surface area contributed by atoms with Crippen molar-refractivity contribution in [1.82, 2.24) is 4.98 Å². The zero-order chi connectivity index (χ0) is 10.2. The number of ether oxygens (including phenoxy) is 1. The van der Waals surface area contributed by atoms with E-state index >= 15 is 0 Å². The molecular formula is C10H12N2O2. The lowest BCUT2D eigenvalue weighted by Gasteiger charge is -2.05. The molecule has 0 aliphatic rings. The molecule has 0 fully saturated rings. The first kappa shape index (κ1) is 10.2. The van der Waals surface area contributed by atoms with E-state index in [0.29, 0.717) is 13.2 Å². The van der Waals surface area contributed by atoms with Crippen molar-refractivity contribution in [3.63, 3.8) is 0 Å². The van der Waals surface area contributed by atoms with E-state index in [4.69, 9.17) is 4.74 Å². The fourth-order valence-electron chi connectivity index (χ4n) is 0.876. The lowest BCUT2D eigenvalue weighted by Crippen LogP contribution is -2.12. The zero-order valence-electron chi connectivity index (χ0n) is 7.77. The summed E-state index contributed by atoms with van der Waals surface area (Å²) < 4.78 is 4.78. The normalized spacial score (nSPS) is 9.14. The van der Waals surface area contributed by atoms with Gasteiger partial charge in [-0.1, -0.05) is 6.58 Å². The Labute approximate surface area is 82.6 Å². The van der Waals surface area contributed by atoms with Crippen LogP contribution in [0.15, 0.2) is 37.2 Å². The Kier molecular flexibility index (Phi) is 4.20. The van der Waals surface area contributed by atoms with Gasteiger partial charge in [0.05, 0.1) is 0 Å². The maximum atomic E-state index is 10.6. The van der Waals surface area contributed by atoms with Crippen LogP contribution in [0.3, 0.4) is 0 Å². The highest BCUT2D eigenvalue weighted by Crippen LogP contribution is 2.01. The van der Waals surface area contributed by atoms with Gasteiger partial charge in [0.2, 0.25) is 0 Å². The van der Waals surface area contributed by atoms with Crippen LogP contribution in [0.4, 0.5) is 5.69 Å². The van der Waals surface area contributed by atoms with Crippen LogP contribution in [-0.4, -0.2) is 24.1 Å². The van der Waals surface area contributed by atoms with Gasteiger partial charge in [0.1, 0.15) is 6.61 Å². The van der Waals surface area contributed by atoms with E-state index < -0.39 is 5.97 Å². The molecular weight excluding hydrogens is 180 g/mol. The molecule has 4 nitrogen and oxygen atoms in total. The minimum Gasteiger partial charge on any atom is -0.461 e. The third-order valence-corrected chi connectivity index (χ3v) is 1.52. The number of aromatic nitrogens is 1. The molecule has 0 unspecified atom stereocenters. The van der Waals surface area contributed by atoms with Gasteiger partial charge in [-0.15, -0.1) is 0 Å². The number of anilines is 1. The summed E-state index contributed by atoms with van der Waals surface area (Å²) in [5.41, 5.74) is 0.953. The summed E-state index contributed by atoms with van der Waals surface area (Å²) in [7, 11) is 0. The van der Waals surface area contributed by atoms with Gasteiger partial charge < -0.3 is 10.1 Å². The fraction of sp³-hybridized carbons (Fsp3) is 0.200. The predicted octanol–water partition coefficient (Wildman–Crippen LogP) is 1.22. The minimum absolute atomic E-state index is 0.327. The van der Waals surface area contributed by atoms with Crippen molar-refractivity contribution in [2.45, 2.75) is 0 Å². The third-order valence-electron chi connectivity index (χ3n) is 1.52. The standard InChI is InChI=1S/C10H12N2O2/c1-2-10(13)14-8-7-12-9-3-5-11-6-4-9/h2-6H,1,7-8H2,(H,11,12). The van der Waals surface area contributed by atoms with Crippen molar-refractivity contribution < 1.29 is 9.53 Å². The van der Waals surface area contributed by atoms with Crippen LogP contribution in [0.25, 0.3) is 0 Å². The van der Waals surface area contributed by atoms with E-state index in [1.54, 1.807) is 12.4 Å². The van der Waals surface area contributed by atoms with Crippen LogP contribution in [0.1, 0.15) is 0 Å². The van der Waals surface area contributed by atoms with E-state index in [1.165, 1.54) is 0 Å². The average Bonchev–Trinajstić information content (AvgIpc) is 2.25. The van der Waals surface area contributed by atoms with Gasteiger partial charge in [0.15, 0.2) is 0 Å². The van der Waals surface area contributed by atoms with Crippen LogP contribution >= 0.6 is 0 Å². The molecule has 0 aliphatic heterocycles. The van der Waals surface area contributed by atoms with Crippen molar-refractivity contribution in [2.75, 3.05) is 18.5 Å². The molecule has 0 spiro atoms. The fourth-order valence-corrected chi connectivity index (χ4v) is 0.876. The Bertz CT molecular complexity index is 298. The third kappa shape index (κ3) is 3.71.